The number of carboxylic acids is 1. The Kier molecular flexibility index (Phi) is 3.66. The maximum Gasteiger partial charge on any atom is 0.313 e. The molecule has 0 saturated carbocycles. The highest BCUT2D eigenvalue weighted by Crippen LogP contribution is 2.26. The van der Waals surface area contributed by atoms with Gasteiger partial charge in [0.1, 0.15) is 5.69 Å². The Labute approximate surface area is 108 Å². The summed E-state index contributed by atoms with van der Waals surface area (Å²) < 4.78 is 1.89. The summed E-state index contributed by atoms with van der Waals surface area (Å²) >= 11 is 1.16. The van der Waals surface area contributed by atoms with Crippen LogP contribution in [-0.2, 0) is 4.79 Å². The second kappa shape index (κ2) is 5.21. The molecular weight excluding hydrogens is 254 g/mol. The summed E-state index contributed by atoms with van der Waals surface area (Å²) in [7, 11) is 0. The van der Waals surface area contributed by atoms with E-state index in [9.17, 15) is 4.79 Å². The van der Waals surface area contributed by atoms with Crippen molar-refractivity contribution in [3.63, 3.8) is 0 Å². The van der Waals surface area contributed by atoms with E-state index in [2.05, 4.69) is 20.4 Å². The molecule has 0 aliphatic heterocycles. The Morgan fingerprint density at radius 2 is 2.33 bits per heavy atom. The molecule has 0 atom stereocenters. The van der Waals surface area contributed by atoms with Crippen LogP contribution in [0.2, 0.25) is 0 Å². The molecule has 2 N–H and O–H groups in total. The molecule has 0 aliphatic carbocycles. The number of hydrogen-bond donors (Lipinski definition) is 2. The first-order valence-corrected chi connectivity index (χ1v) is 6.37. The average Bonchev–Trinajstić information content (AvgIpc) is 2.94. The number of rotatable bonds is 5. The number of aromatic amines is 1. The molecule has 0 unspecified atom stereocenters. The van der Waals surface area contributed by atoms with Crippen molar-refractivity contribution in [3.05, 3.63) is 12.3 Å². The topological polar surface area (TPSA) is 96.7 Å². The number of H-pyrrole nitrogens is 1. The number of hydrogen-bond acceptors (Lipinski definition) is 5. The third-order valence-corrected chi connectivity index (χ3v) is 3.18. The van der Waals surface area contributed by atoms with Gasteiger partial charge in [0.15, 0.2) is 11.0 Å². The maximum absolute atomic E-state index is 10.6. The number of aliphatic carboxylic acids is 1. The molecule has 2 heterocycles. The van der Waals surface area contributed by atoms with E-state index in [0.717, 1.165) is 17.5 Å². The van der Waals surface area contributed by atoms with E-state index in [-0.39, 0.29) is 11.8 Å². The van der Waals surface area contributed by atoms with Crippen molar-refractivity contribution in [3.8, 4) is 11.5 Å². The molecule has 2 aromatic rings. The van der Waals surface area contributed by atoms with Crippen molar-refractivity contribution in [2.75, 3.05) is 5.75 Å². The van der Waals surface area contributed by atoms with Gasteiger partial charge in [-0.15, -0.1) is 10.2 Å². The van der Waals surface area contributed by atoms with Crippen LogP contribution in [0.25, 0.3) is 11.5 Å². The quantitative estimate of drug-likeness (QED) is 0.795. The lowest BCUT2D eigenvalue weighted by molar-refractivity contribution is -0.133. The fourth-order valence-electron chi connectivity index (χ4n) is 1.53. The standard InChI is InChI=1S/C10H13N5O2S/c1-6(2)15-9(7-3-4-11-12-7)13-14-10(15)18-5-8(16)17/h3-4,6H,5H2,1-2H3,(H,11,12)(H,16,17). The predicted octanol–water partition coefficient (Wildman–Crippen LogP) is 1.43. The average molecular weight is 267 g/mol. The van der Waals surface area contributed by atoms with Crippen LogP contribution >= 0.6 is 11.8 Å². The summed E-state index contributed by atoms with van der Waals surface area (Å²) in [5.41, 5.74) is 0.762. The fraction of sp³-hybridized carbons (Fsp3) is 0.400. The molecule has 0 aliphatic rings. The molecule has 0 radical (unpaired) electrons. The zero-order valence-corrected chi connectivity index (χ0v) is 10.8. The molecule has 0 fully saturated rings. The van der Waals surface area contributed by atoms with Gasteiger partial charge in [0, 0.05) is 12.2 Å². The SMILES string of the molecule is CC(C)n1c(SCC(=O)O)nnc1-c1ccn[nH]1. The molecule has 0 spiro atoms. The number of carboxylic acid groups (broad SMARTS) is 1. The van der Waals surface area contributed by atoms with Crippen molar-refractivity contribution in [1.29, 1.82) is 0 Å². The Balaban J connectivity index is 2.34. The van der Waals surface area contributed by atoms with Gasteiger partial charge in [0.25, 0.3) is 0 Å². The second-order valence-corrected chi connectivity index (χ2v) is 4.87. The molecule has 0 bridgehead atoms. The van der Waals surface area contributed by atoms with Crippen LogP contribution in [0, 0.1) is 0 Å². The first-order chi connectivity index (χ1) is 8.59. The monoisotopic (exact) mass is 267 g/mol. The summed E-state index contributed by atoms with van der Waals surface area (Å²) in [5, 5.41) is 24.1. The molecule has 0 amide bonds. The highest BCUT2D eigenvalue weighted by molar-refractivity contribution is 7.99. The molecule has 0 aromatic carbocycles. The number of carbonyl (C=O) groups is 1. The van der Waals surface area contributed by atoms with Crippen molar-refractivity contribution < 1.29 is 9.90 Å². The molecular formula is C10H13N5O2S. The zero-order chi connectivity index (χ0) is 13.1. The summed E-state index contributed by atoms with van der Waals surface area (Å²) in [6.45, 7) is 3.99. The van der Waals surface area contributed by atoms with Gasteiger partial charge in [-0.1, -0.05) is 11.8 Å². The lowest BCUT2D eigenvalue weighted by Gasteiger charge is -2.12. The highest BCUT2D eigenvalue weighted by atomic mass is 32.2. The zero-order valence-electron chi connectivity index (χ0n) is 9.99. The third-order valence-electron chi connectivity index (χ3n) is 2.25. The number of thioether (sulfide) groups is 1. The lowest BCUT2D eigenvalue weighted by Crippen LogP contribution is -2.07. The van der Waals surface area contributed by atoms with E-state index in [1.54, 1.807) is 12.3 Å². The number of nitrogens with zero attached hydrogens (tertiary/aromatic N) is 4. The van der Waals surface area contributed by atoms with Crippen molar-refractivity contribution in [2.45, 2.75) is 25.0 Å². The van der Waals surface area contributed by atoms with Crippen molar-refractivity contribution in [1.82, 2.24) is 25.0 Å². The van der Waals surface area contributed by atoms with Crippen LogP contribution < -0.4 is 0 Å². The largest absolute Gasteiger partial charge is 0.481 e. The Morgan fingerprint density at radius 1 is 1.56 bits per heavy atom. The molecule has 18 heavy (non-hydrogen) atoms. The minimum absolute atomic E-state index is 0.0339. The van der Waals surface area contributed by atoms with Gasteiger partial charge in [-0.3, -0.25) is 14.5 Å². The van der Waals surface area contributed by atoms with E-state index in [1.165, 1.54) is 0 Å². The van der Waals surface area contributed by atoms with Crippen LogP contribution in [0.15, 0.2) is 17.4 Å². The summed E-state index contributed by atoms with van der Waals surface area (Å²) in [5.74, 6) is -0.245. The molecule has 8 heteroatoms. The van der Waals surface area contributed by atoms with Gasteiger partial charge in [0.05, 0.1) is 5.75 Å². The molecule has 2 aromatic heterocycles. The molecule has 2 rings (SSSR count). The smallest absolute Gasteiger partial charge is 0.313 e. The van der Waals surface area contributed by atoms with Gasteiger partial charge < -0.3 is 5.11 Å². The van der Waals surface area contributed by atoms with Gasteiger partial charge in [0.2, 0.25) is 0 Å². The van der Waals surface area contributed by atoms with E-state index >= 15 is 0 Å². The highest BCUT2D eigenvalue weighted by Gasteiger charge is 2.18. The van der Waals surface area contributed by atoms with E-state index in [1.807, 2.05) is 18.4 Å². The van der Waals surface area contributed by atoms with Crippen LogP contribution in [0.1, 0.15) is 19.9 Å². The minimum Gasteiger partial charge on any atom is -0.481 e. The molecule has 0 saturated heterocycles. The summed E-state index contributed by atoms with van der Waals surface area (Å²) in [6.07, 6.45) is 1.64. The minimum atomic E-state index is -0.874. The van der Waals surface area contributed by atoms with Crippen LogP contribution in [0.5, 0.6) is 0 Å². The maximum atomic E-state index is 10.6. The van der Waals surface area contributed by atoms with Crippen LogP contribution in [0.4, 0.5) is 0 Å². The number of aromatic nitrogens is 5. The summed E-state index contributed by atoms with van der Waals surface area (Å²) in [4.78, 5) is 10.6. The molecule has 96 valence electrons. The number of nitrogens with one attached hydrogen (secondary N) is 1. The van der Waals surface area contributed by atoms with Crippen LogP contribution in [0.3, 0.4) is 0 Å². The lowest BCUT2D eigenvalue weighted by atomic mass is 10.3. The van der Waals surface area contributed by atoms with Crippen molar-refractivity contribution >= 4 is 17.7 Å². The van der Waals surface area contributed by atoms with Gasteiger partial charge in [-0.25, -0.2) is 0 Å². The van der Waals surface area contributed by atoms with E-state index in [0.29, 0.717) is 11.0 Å². The Bertz CT molecular complexity index is 534. The van der Waals surface area contributed by atoms with Crippen molar-refractivity contribution in [2.24, 2.45) is 0 Å². The van der Waals surface area contributed by atoms with Gasteiger partial charge in [-0.05, 0) is 19.9 Å². The second-order valence-electron chi connectivity index (χ2n) is 3.92. The third kappa shape index (κ3) is 2.53. The van der Waals surface area contributed by atoms with Crippen LogP contribution in [-0.4, -0.2) is 41.8 Å². The van der Waals surface area contributed by atoms with Gasteiger partial charge >= 0.3 is 5.97 Å². The first-order valence-electron chi connectivity index (χ1n) is 5.39. The Hall–Kier alpha value is -1.83. The fourth-order valence-corrected chi connectivity index (χ4v) is 2.32. The normalized spacial score (nSPS) is 11.1. The first kappa shape index (κ1) is 12.6. The Morgan fingerprint density at radius 3 is 2.89 bits per heavy atom. The van der Waals surface area contributed by atoms with Gasteiger partial charge in [-0.2, -0.15) is 5.10 Å². The van der Waals surface area contributed by atoms with E-state index < -0.39 is 5.97 Å². The summed E-state index contributed by atoms with van der Waals surface area (Å²) in [6, 6.07) is 1.93. The van der Waals surface area contributed by atoms with E-state index in [4.69, 9.17) is 5.11 Å². The molecule has 7 nitrogen and oxygen atoms in total. The predicted molar refractivity (Wildman–Crippen MR) is 66.3 cm³/mol.